The van der Waals surface area contributed by atoms with E-state index in [-0.39, 0.29) is 5.54 Å². The van der Waals surface area contributed by atoms with Crippen molar-refractivity contribution in [3.63, 3.8) is 0 Å². The average Bonchev–Trinajstić information content (AvgIpc) is 2.67. The van der Waals surface area contributed by atoms with Crippen molar-refractivity contribution in [1.82, 2.24) is 10.2 Å². The van der Waals surface area contributed by atoms with Gasteiger partial charge in [0.25, 0.3) is 0 Å². The predicted molar refractivity (Wildman–Crippen MR) is 68.8 cm³/mol. The van der Waals surface area contributed by atoms with Gasteiger partial charge in [-0.15, -0.1) is 0 Å². The van der Waals surface area contributed by atoms with Crippen LogP contribution in [0.5, 0.6) is 0 Å². The van der Waals surface area contributed by atoms with E-state index >= 15 is 0 Å². The molecule has 1 aromatic rings. The number of nitrogens with zero attached hydrogens (tertiary/aromatic N) is 1. The summed E-state index contributed by atoms with van der Waals surface area (Å²) in [7, 11) is 4.37. The third kappa shape index (κ3) is 1.76. The zero-order valence-electron chi connectivity index (χ0n) is 10.8. The number of aryl methyl sites for hydroxylation is 2. The van der Waals surface area contributed by atoms with E-state index < -0.39 is 0 Å². The highest BCUT2D eigenvalue weighted by Crippen LogP contribution is 2.34. The Morgan fingerprint density at radius 3 is 2.50 bits per heavy atom. The molecule has 2 nitrogen and oxygen atoms in total. The van der Waals surface area contributed by atoms with Crippen LogP contribution in [0.4, 0.5) is 0 Å². The van der Waals surface area contributed by atoms with Crippen molar-refractivity contribution in [2.75, 3.05) is 27.2 Å². The molecule has 1 unspecified atom stereocenters. The lowest BCUT2D eigenvalue weighted by Crippen LogP contribution is -2.43. The topological polar surface area (TPSA) is 15.3 Å². The Kier molecular flexibility index (Phi) is 3.04. The third-order valence-electron chi connectivity index (χ3n) is 3.87. The van der Waals surface area contributed by atoms with Gasteiger partial charge in [-0.05, 0) is 52.0 Å². The van der Waals surface area contributed by atoms with Gasteiger partial charge in [-0.1, -0.05) is 23.8 Å². The molecule has 2 heteroatoms. The molecule has 1 atom stereocenters. The largest absolute Gasteiger partial charge is 0.314 e. The number of likely N-dealkylation sites (N-methyl/N-ethyl adjacent to an activating group) is 1. The summed E-state index contributed by atoms with van der Waals surface area (Å²) in [6, 6.07) is 6.82. The van der Waals surface area contributed by atoms with Crippen molar-refractivity contribution in [2.24, 2.45) is 0 Å². The van der Waals surface area contributed by atoms with Gasteiger partial charge in [0.05, 0.1) is 5.54 Å². The molecular formula is C14H22N2. The molecule has 1 aliphatic rings. The van der Waals surface area contributed by atoms with E-state index in [0.29, 0.717) is 0 Å². The van der Waals surface area contributed by atoms with Crippen LogP contribution < -0.4 is 5.32 Å². The van der Waals surface area contributed by atoms with Crippen LogP contribution in [0, 0.1) is 13.8 Å². The van der Waals surface area contributed by atoms with Crippen LogP contribution in [-0.4, -0.2) is 32.1 Å². The quantitative estimate of drug-likeness (QED) is 0.817. The van der Waals surface area contributed by atoms with E-state index in [1.165, 1.54) is 23.1 Å². The van der Waals surface area contributed by atoms with Gasteiger partial charge in [0.1, 0.15) is 0 Å². The van der Waals surface area contributed by atoms with E-state index in [0.717, 1.165) is 13.1 Å². The lowest BCUT2D eigenvalue weighted by atomic mass is 9.84. The van der Waals surface area contributed by atoms with Crippen LogP contribution in [0.3, 0.4) is 0 Å². The zero-order chi connectivity index (χ0) is 11.8. The summed E-state index contributed by atoms with van der Waals surface area (Å²) in [5, 5.41) is 3.49. The predicted octanol–water partition coefficient (Wildman–Crippen LogP) is 2.05. The van der Waals surface area contributed by atoms with Gasteiger partial charge < -0.3 is 5.32 Å². The smallest absolute Gasteiger partial charge is 0.0595 e. The molecule has 1 aromatic carbocycles. The first kappa shape index (κ1) is 11.6. The Bertz CT molecular complexity index is 376. The van der Waals surface area contributed by atoms with E-state index in [9.17, 15) is 0 Å². The molecule has 1 aliphatic heterocycles. The Hall–Kier alpha value is -0.860. The molecule has 1 N–H and O–H groups in total. The van der Waals surface area contributed by atoms with Crippen molar-refractivity contribution >= 4 is 0 Å². The van der Waals surface area contributed by atoms with Crippen molar-refractivity contribution in [1.29, 1.82) is 0 Å². The molecule has 16 heavy (non-hydrogen) atoms. The first-order valence-electron chi connectivity index (χ1n) is 6.02. The first-order chi connectivity index (χ1) is 7.56. The van der Waals surface area contributed by atoms with Crippen molar-refractivity contribution in [2.45, 2.75) is 25.8 Å². The molecule has 0 aliphatic carbocycles. The Morgan fingerprint density at radius 2 is 2.00 bits per heavy atom. The summed E-state index contributed by atoms with van der Waals surface area (Å²) in [6.45, 7) is 6.56. The standard InChI is InChI=1S/C14H22N2/c1-11-5-6-13(12(2)9-11)14(16(3)4)7-8-15-10-14/h5-6,9,15H,7-8,10H2,1-4H3. The molecule has 0 amide bonds. The second kappa shape index (κ2) is 4.19. The van der Waals surface area contributed by atoms with Crippen LogP contribution in [0.15, 0.2) is 18.2 Å². The molecular weight excluding hydrogens is 196 g/mol. The fraction of sp³-hybridized carbons (Fsp3) is 0.571. The van der Waals surface area contributed by atoms with E-state index in [4.69, 9.17) is 0 Å². The monoisotopic (exact) mass is 218 g/mol. The number of rotatable bonds is 2. The maximum Gasteiger partial charge on any atom is 0.0595 e. The highest BCUT2D eigenvalue weighted by Gasteiger charge is 2.38. The van der Waals surface area contributed by atoms with Crippen molar-refractivity contribution in [3.05, 3.63) is 34.9 Å². The molecule has 0 spiro atoms. The minimum absolute atomic E-state index is 0.192. The van der Waals surface area contributed by atoms with Crippen molar-refractivity contribution < 1.29 is 0 Å². The van der Waals surface area contributed by atoms with Gasteiger partial charge in [0.15, 0.2) is 0 Å². The van der Waals surface area contributed by atoms with E-state index in [2.05, 4.69) is 56.4 Å². The second-order valence-corrected chi connectivity index (χ2v) is 5.17. The Morgan fingerprint density at radius 1 is 1.25 bits per heavy atom. The number of benzene rings is 1. The Labute approximate surface area is 98.7 Å². The summed E-state index contributed by atoms with van der Waals surface area (Å²) in [6.07, 6.45) is 1.20. The van der Waals surface area contributed by atoms with Gasteiger partial charge in [-0.3, -0.25) is 4.90 Å². The minimum Gasteiger partial charge on any atom is -0.314 e. The van der Waals surface area contributed by atoms with Gasteiger partial charge in [0.2, 0.25) is 0 Å². The lowest BCUT2D eigenvalue weighted by Gasteiger charge is -2.37. The molecule has 0 radical (unpaired) electrons. The molecule has 0 aromatic heterocycles. The first-order valence-corrected chi connectivity index (χ1v) is 6.02. The zero-order valence-corrected chi connectivity index (χ0v) is 10.8. The van der Waals surface area contributed by atoms with E-state index in [1.54, 1.807) is 0 Å². The second-order valence-electron chi connectivity index (χ2n) is 5.17. The SMILES string of the molecule is Cc1ccc(C2(N(C)C)CCNC2)c(C)c1. The Balaban J connectivity index is 2.47. The lowest BCUT2D eigenvalue weighted by molar-refractivity contribution is 0.173. The average molecular weight is 218 g/mol. The van der Waals surface area contributed by atoms with Crippen LogP contribution in [0.25, 0.3) is 0 Å². The summed E-state index contributed by atoms with van der Waals surface area (Å²) in [5.74, 6) is 0. The maximum atomic E-state index is 3.49. The van der Waals surface area contributed by atoms with Gasteiger partial charge in [-0.25, -0.2) is 0 Å². The molecule has 88 valence electrons. The number of nitrogens with one attached hydrogen (secondary N) is 1. The van der Waals surface area contributed by atoms with Crippen LogP contribution in [0.1, 0.15) is 23.1 Å². The van der Waals surface area contributed by atoms with Gasteiger partial charge in [0, 0.05) is 6.54 Å². The fourth-order valence-corrected chi connectivity index (χ4v) is 2.87. The maximum absolute atomic E-state index is 3.49. The highest BCUT2D eigenvalue weighted by molar-refractivity contribution is 5.37. The molecule has 0 saturated carbocycles. The third-order valence-corrected chi connectivity index (χ3v) is 3.87. The number of hydrogen-bond donors (Lipinski definition) is 1. The molecule has 2 rings (SSSR count). The number of hydrogen-bond acceptors (Lipinski definition) is 2. The highest BCUT2D eigenvalue weighted by atomic mass is 15.2. The summed E-state index contributed by atoms with van der Waals surface area (Å²) < 4.78 is 0. The minimum atomic E-state index is 0.192. The van der Waals surface area contributed by atoms with E-state index in [1.807, 2.05) is 0 Å². The van der Waals surface area contributed by atoms with Crippen molar-refractivity contribution in [3.8, 4) is 0 Å². The summed E-state index contributed by atoms with van der Waals surface area (Å²) >= 11 is 0. The molecule has 0 bridgehead atoms. The van der Waals surface area contributed by atoms with Crippen LogP contribution >= 0.6 is 0 Å². The fourth-order valence-electron chi connectivity index (χ4n) is 2.87. The summed E-state index contributed by atoms with van der Waals surface area (Å²) in [5.41, 5.74) is 4.43. The van der Waals surface area contributed by atoms with Crippen LogP contribution in [-0.2, 0) is 5.54 Å². The molecule has 1 fully saturated rings. The normalized spacial score (nSPS) is 25.3. The van der Waals surface area contributed by atoms with Crippen LogP contribution in [0.2, 0.25) is 0 Å². The van der Waals surface area contributed by atoms with Gasteiger partial charge >= 0.3 is 0 Å². The molecule has 1 saturated heterocycles. The molecule has 1 heterocycles. The summed E-state index contributed by atoms with van der Waals surface area (Å²) in [4.78, 5) is 2.37. The van der Waals surface area contributed by atoms with Gasteiger partial charge in [-0.2, -0.15) is 0 Å².